The van der Waals surface area contributed by atoms with Crippen molar-refractivity contribution < 1.29 is 26.9 Å². The first kappa shape index (κ1) is 17.5. The number of nitrogens with zero attached hydrogens (tertiary/aromatic N) is 1. The molecule has 0 radical (unpaired) electrons. The van der Waals surface area contributed by atoms with Gasteiger partial charge in [0.25, 0.3) is 11.6 Å². The number of rotatable bonds is 5. The van der Waals surface area contributed by atoms with Gasteiger partial charge in [-0.3, -0.25) is 14.9 Å². The number of carbonyl (C=O) groups excluding carboxylic acids is 1. The van der Waals surface area contributed by atoms with Crippen LogP contribution in [0, 0.1) is 21.7 Å². The monoisotopic (exact) mass is 356 g/mol. The van der Waals surface area contributed by atoms with Gasteiger partial charge in [-0.05, 0) is 23.8 Å². The average molecular weight is 356 g/mol. The average Bonchev–Trinajstić information content (AvgIpc) is 2.49. The molecule has 0 atom stereocenters. The zero-order valence-corrected chi connectivity index (χ0v) is 12.7. The van der Waals surface area contributed by atoms with Crippen molar-refractivity contribution in [1.29, 1.82) is 0 Å². The van der Waals surface area contributed by atoms with Crippen LogP contribution in [-0.2, 0) is 15.8 Å². The van der Waals surface area contributed by atoms with Crippen LogP contribution in [0.2, 0.25) is 0 Å². The molecule has 24 heavy (non-hydrogen) atoms. The fourth-order valence-electron chi connectivity index (χ4n) is 1.81. The lowest BCUT2D eigenvalue weighted by Crippen LogP contribution is -2.31. The molecule has 0 spiro atoms. The van der Waals surface area contributed by atoms with Crippen LogP contribution in [0.25, 0.3) is 0 Å². The summed E-state index contributed by atoms with van der Waals surface area (Å²) in [5.41, 5.74) is -0.352. The Morgan fingerprint density at radius 1 is 1.08 bits per heavy atom. The van der Waals surface area contributed by atoms with Crippen molar-refractivity contribution in [3.05, 3.63) is 75.3 Å². The molecule has 0 aliphatic rings. The lowest BCUT2D eigenvalue weighted by Gasteiger charge is -2.07. The Bertz CT molecular complexity index is 898. The largest absolute Gasteiger partial charge is 0.269 e. The molecule has 1 N–H and O–H groups in total. The van der Waals surface area contributed by atoms with Crippen LogP contribution in [0.5, 0.6) is 0 Å². The highest BCUT2D eigenvalue weighted by atomic mass is 32.2. The molecule has 0 unspecified atom stereocenters. The second kappa shape index (κ2) is 6.71. The number of non-ortho nitro benzene ring substituents is 1. The molecule has 0 saturated heterocycles. The van der Waals surface area contributed by atoms with Gasteiger partial charge in [-0.1, -0.05) is 12.1 Å². The maximum absolute atomic E-state index is 13.1. The van der Waals surface area contributed by atoms with E-state index in [-0.39, 0.29) is 16.8 Å². The number of nitro groups is 1. The second-order valence-corrected chi connectivity index (χ2v) is 6.47. The molecular weight excluding hydrogens is 346 g/mol. The molecule has 2 aromatic rings. The Balaban J connectivity index is 2.11. The van der Waals surface area contributed by atoms with Crippen molar-refractivity contribution in [1.82, 2.24) is 4.72 Å². The summed E-state index contributed by atoms with van der Waals surface area (Å²) in [5.74, 6) is -4.17. The van der Waals surface area contributed by atoms with Crippen molar-refractivity contribution in [2.24, 2.45) is 0 Å². The highest BCUT2D eigenvalue weighted by Gasteiger charge is 2.18. The zero-order valence-electron chi connectivity index (χ0n) is 11.9. The standard InChI is InChI=1S/C14H10F2N2O5S/c15-12-6-3-10(7-13(12)16)14(19)17-24(22,23)8-9-1-4-11(5-2-9)18(20)21/h1-7H,8H2,(H,17,19). The number of halogens is 2. The molecule has 7 nitrogen and oxygen atoms in total. The van der Waals surface area contributed by atoms with E-state index in [1.807, 2.05) is 0 Å². The Kier molecular flexibility index (Phi) is 4.88. The Hall–Kier alpha value is -2.88. The minimum atomic E-state index is -4.12. The maximum atomic E-state index is 13.1. The maximum Gasteiger partial charge on any atom is 0.269 e. The Labute approximate surface area is 135 Å². The van der Waals surface area contributed by atoms with Crippen LogP contribution in [0.15, 0.2) is 42.5 Å². The second-order valence-electron chi connectivity index (χ2n) is 4.74. The fourth-order valence-corrected chi connectivity index (χ4v) is 2.91. The highest BCUT2D eigenvalue weighted by molar-refractivity contribution is 7.89. The summed E-state index contributed by atoms with van der Waals surface area (Å²) in [4.78, 5) is 21.7. The van der Waals surface area contributed by atoms with E-state index < -0.39 is 38.2 Å². The zero-order chi connectivity index (χ0) is 17.9. The minimum absolute atomic E-state index is 0.207. The summed E-state index contributed by atoms with van der Waals surface area (Å²) >= 11 is 0. The van der Waals surface area contributed by atoms with E-state index in [0.717, 1.165) is 18.2 Å². The third kappa shape index (κ3) is 4.32. The first-order chi connectivity index (χ1) is 11.2. The summed E-state index contributed by atoms with van der Waals surface area (Å²) in [5, 5.41) is 10.5. The van der Waals surface area contributed by atoms with Crippen LogP contribution >= 0.6 is 0 Å². The summed E-state index contributed by atoms with van der Waals surface area (Å²) in [7, 11) is -4.12. The Morgan fingerprint density at radius 3 is 2.25 bits per heavy atom. The SMILES string of the molecule is O=C(NS(=O)(=O)Cc1ccc([N+](=O)[O-])cc1)c1ccc(F)c(F)c1. The van der Waals surface area contributed by atoms with Crippen LogP contribution in [0.1, 0.15) is 15.9 Å². The van der Waals surface area contributed by atoms with E-state index in [1.54, 1.807) is 4.72 Å². The van der Waals surface area contributed by atoms with E-state index in [1.165, 1.54) is 12.1 Å². The molecule has 0 aromatic heterocycles. The molecule has 10 heteroatoms. The predicted molar refractivity (Wildman–Crippen MR) is 79.5 cm³/mol. The number of hydrogen-bond donors (Lipinski definition) is 1. The van der Waals surface area contributed by atoms with Gasteiger partial charge in [-0.25, -0.2) is 21.9 Å². The molecule has 2 rings (SSSR count). The number of amides is 1. The lowest BCUT2D eigenvalue weighted by atomic mass is 10.2. The van der Waals surface area contributed by atoms with Crippen LogP contribution in [0.3, 0.4) is 0 Å². The van der Waals surface area contributed by atoms with Crippen molar-refractivity contribution in [2.75, 3.05) is 0 Å². The molecule has 0 aliphatic carbocycles. The van der Waals surface area contributed by atoms with E-state index in [2.05, 4.69) is 0 Å². The van der Waals surface area contributed by atoms with Gasteiger partial charge in [0.05, 0.1) is 10.7 Å². The smallest absolute Gasteiger partial charge is 0.268 e. The molecule has 0 aliphatic heterocycles. The van der Waals surface area contributed by atoms with E-state index in [0.29, 0.717) is 12.1 Å². The molecule has 0 saturated carbocycles. The van der Waals surface area contributed by atoms with Crippen LogP contribution in [-0.4, -0.2) is 19.2 Å². The minimum Gasteiger partial charge on any atom is -0.268 e. The fraction of sp³-hybridized carbons (Fsp3) is 0.0714. The normalized spacial score (nSPS) is 11.1. The van der Waals surface area contributed by atoms with Crippen molar-refractivity contribution >= 4 is 21.6 Å². The van der Waals surface area contributed by atoms with Gasteiger partial charge in [0, 0.05) is 17.7 Å². The molecule has 0 bridgehead atoms. The summed E-state index contributed by atoms with van der Waals surface area (Å²) in [6.45, 7) is 0. The molecule has 2 aromatic carbocycles. The third-order valence-electron chi connectivity index (χ3n) is 2.93. The van der Waals surface area contributed by atoms with Gasteiger partial charge >= 0.3 is 0 Å². The quantitative estimate of drug-likeness (QED) is 0.652. The number of nitrogens with one attached hydrogen (secondary N) is 1. The molecule has 0 fully saturated rings. The van der Waals surface area contributed by atoms with Gasteiger partial charge < -0.3 is 0 Å². The van der Waals surface area contributed by atoms with E-state index in [9.17, 15) is 32.1 Å². The molecule has 1 amide bonds. The molecule has 126 valence electrons. The number of carbonyl (C=O) groups is 1. The number of hydrogen-bond acceptors (Lipinski definition) is 5. The third-order valence-corrected chi connectivity index (χ3v) is 4.14. The van der Waals surface area contributed by atoms with Gasteiger partial charge in [0.1, 0.15) is 0 Å². The summed E-state index contributed by atoms with van der Waals surface area (Å²) in [6.07, 6.45) is 0. The van der Waals surface area contributed by atoms with Gasteiger partial charge in [-0.15, -0.1) is 0 Å². The van der Waals surface area contributed by atoms with Crippen LogP contribution < -0.4 is 4.72 Å². The van der Waals surface area contributed by atoms with Gasteiger partial charge in [0.2, 0.25) is 10.0 Å². The molecular formula is C14H10F2N2O5S. The number of sulfonamides is 1. The van der Waals surface area contributed by atoms with Gasteiger partial charge in [0.15, 0.2) is 11.6 Å². The van der Waals surface area contributed by atoms with E-state index in [4.69, 9.17) is 0 Å². The van der Waals surface area contributed by atoms with Crippen LogP contribution in [0.4, 0.5) is 14.5 Å². The molecule has 0 heterocycles. The first-order valence-corrected chi connectivity index (χ1v) is 8.06. The topological polar surface area (TPSA) is 106 Å². The van der Waals surface area contributed by atoms with Crippen molar-refractivity contribution in [2.45, 2.75) is 5.75 Å². The van der Waals surface area contributed by atoms with E-state index >= 15 is 0 Å². The number of nitro benzene ring substituents is 1. The summed E-state index contributed by atoms with van der Waals surface area (Å²) < 4.78 is 51.4. The first-order valence-electron chi connectivity index (χ1n) is 6.41. The highest BCUT2D eigenvalue weighted by Crippen LogP contribution is 2.14. The van der Waals surface area contributed by atoms with Crippen molar-refractivity contribution in [3.63, 3.8) is 0 Å². The predicted octanol–water partition coefficient (Wildman–Crippen LogP) is 2.13. The Morgan fingerprint density at radius 2 is 1.71 bits per heavy atom. The van der Waals surface area contributed by atoms with Crippen molar-refractivity contribution in [3.8, 4) is 0 Å². The lowest BCUT2D eigenvalue weighted by molar-refractivity contribution is -0.384. The number of benzene rings is 2. The summed E-state index contributed by atoms with van der Waals surface area (Å²) in [6, 6.07) is 6.94. The van der Waals surface area contributed by atoms with Gasteiger partial charge in [-0.2, -0.15) is 0 Å².